The van der Waals surface area contributed by atoms with Crippen LogP contribution in [0.2, 0.25) is 0 Å². The number of aldehydes is 1. The zero-order valence-electron chi connectivity index (χ0n) is 12.2. The molecule has 1 saturated carbocycles. The highest BCUT2D eigenvalue weighted by Gasteiger charge is 2.32. The lowest BCUT2D eigenvalue weighted by Crippen LogP contribution is -2.37. The minimum Gasteiger partial charge on any atom is -0.373 e. The Balaban J connectivity index is 2.13. The summed E-state index contributed by atoms with van der Waals surface area (Å²) in [5.74, 6) is 0. The summed E-state index contributed by atoms with van der Waals surface area (Å²) in [6, 6.07) is 8.41. The first-order chi connectivity index (χ1) is 9.17. The van der Waals surface area contributed by atoms with Crippen LogP contribution in [0.4, 0.5) is 5.69 Å². The van der Waals surface area contributed by atoms with Gasteiger partial charge in [0.15, 0.2) is 0 Å². The van der Waals surface area contributed by atoms with Gasteiger partial charge in [-0.3, -0.25) is 0 Å². The maximum Gasteiger partial charge on any atom is 0.127 e. The Kier molecular flexibility index (Phi) is 4.62. The Bertz CT molecular complexity index is 419. The maximum absolute atomic E-state index is 11.7. The molecule has 0 amide bonds. The molecular weight excluding hydrogens is 234 g/mol. The highest BCUT2D eigenvalue weighted by Crippen LogP contribution is 2.35. The van der Waals surface area contributed by atoms with E-state index in [9.17, 15) is 4.79 Å². The van der Waals surface area contributed by atoms with Crippen molar-refractivity contribution in [1.82, 2.24) is 0 Å². The number of hydrogen-bond acceptors (Lipinski definition) is 2. The third kappa shape index (κ3) is 3.37. The van der Waals surface area contributed by atoms with Gasteiger partial charge < -0.3 is 9.69 Å². The quantitative estimate of drug-likeness (QED) is 0.602. The standard InChI is InChI=1S/C17H25NO/c1-15-9-5-6-10-16(15)18(2)13-17(14-19)11-7-3-4-8-12-17/h5-6,9-10,14H,3-4,7-8,11-13H2,1-2H3. The van der Waals surface area contributed by atoms with Gasteiger partial charge in [-0.25, -0.2) is 0 Å². The number of nitrogens with zero attached hydrogens (tertiary/aromatic N) is 1. The zero-order chi connectivity index (χ0) is 13.7. The fraction of sp³-hybridized carbons (Fsp3) is 0.588. The van der Waals surface area contributed by atoms with Crippen LogP contribution in [0.3, 0.4) is 0 Å². The Morgan fingerprint density at radius 3 is 2.37 bits per heavy atom. The number of para-hydroxylation sites is 1. The molecule has 0 aliphatic heterocycles. The molecule has 0 heterocycles. The van der Waals surface area contributed by atoms with E-state index in [0.717, 1.165) is 19.4 Å². The molecule has 0 spiro atoms. The fourth-order valence-electron chi connectivity index (χ4n) is 3.30. The molecule has 19 heavy (non-hydrogen) atoms. The third-order valence-corrected chi connectivity index (χ3v) is 4.43. The minimum atomic E-state index is -0.131. The molecule has 1 aromatic carbocycles. The van der Waals surface area contributed by atoms with E-state index in [1.54, 1.807) is 0 Å². The van der Waals surface area contributed by atoms with Crippen LogP contribution >= 0.6 is 0 Å². The van der Waals surface area contributed by atoms with Crippen molar-refractivity contribution in [2.24, 2.45) is 5.41 Å². The van der Waals surface area contributed by atoms with E-state index in [2.05, 4.69) is 43.1 Å². The third-order valence-electron chi connectivity index (χ3n) is 4.43. The highest BCUT2D eigenvalue weighted by molar-refractivity contribution is 5.62. The van der Waals surface area contributed by atoms with Crippen molar-refractivity contribution in [1.29, 1.82) is 0 Å². The molecule has 0 atom stereocenters. The molecule has 0 N–H and O–H groups in total. The summed E-state index contributed by atoms with van der Waals surface area (Å²) in [5.41, 5.74) is 2.39. The lowest BCUT2D eigenvalue weighted by atomic mass is 9.81. The van der Waals surface area contributed by atoms with Crippen molar-refractivity contribution in [3.8, 4) is 0 Å². The number of carbonyl (C=O) groups excluding carboxylic acids is 1. The second kappa shape index (κ2) is 6.23. The van der Waals surface area contributed by atoms with Crippen LogP contribution < -0.4 is 4.90 Å². The molecule has 1 fully saturated rings. The van der Waals surface area contributed by atoms with Crippen molar-refractivity contribution in [2.75, 3.05) is 18.5 Å². The van der Waals surface area contributed by atoms with Crippen LogP contribution in [-0.4, -0.2) is 19.9 Å². The summed E-state index contributed by atoms with van der Waals surface area (Å²) < 4.78 is 0. The Labute approximate surface area is 116 Å². The summed E-state index contributed by atoms with van der Waals surface area (Å²) in [5, 5.41) is 0. The molecule has 0 saturated heterocycles. The second-order valence-electron chi connectivity index (χ2n) is 6.04. The van der Waals surface area contributed by atoms with Crippen LogP contribution in [0.25, 0.3) is 0 Å². The van der Waals surface area contributed by atoms with Gasteiger partial charge in [0.05, 0.1) is 0 Å². The minimum absolute atomic E-state index is 0.131. The smallest absolute Gasteiger partial charge is 0.127 e. The molecule has 2 rings (SSSR count). The first-order valence-corrected chi connectivity index (χ1v) is 7.40. The molecule has 1 aromatic rings. The molecule has 0 aromatic heterocycles. The largest absolute Gasteiger partial charge is 0.373 e. The Morgan fingerprint density at radius 1 is 1.16 bits per heavy atom. The predicted molar refractivity (Wildman–Crippen MR) is 80.6 cm³/mol. The van der Waals surface area contributed by atoms with Gasteiger partial charge >= 0.3 is 0 Å². The number of benzene rings is 1. The molecule has 0 unspecified atom stereocenters. The molecule has 2 nitrogen and oxygen atoms in total. The second-order valence-corrected chi connectivity index (χ2v) is 6.04. The first kappa shape index (κ1) is 14.1. The first-order valence-electron chi connectivity index (χ1n) is 7.40. The Hall–Kier alpha value is -1.31. The molecule has 1 aliphatic carbocycles. The van der Waals surface area contributed by atoms with E-state index in [1.165, 1.54) is 43.2 Å². The average Bonchev–Trinajstić information content (AvgIpc) is 2.65. The van der Waals surface area contributed by atoms with Crippen LogP contribution in [0.5, 0.6) is 0 Å². The topological polar surface area (TPSA) is 20.3 Å². The molecule has 0 radical (unpaired) electrons. The van der Waals surface area contributed by atoms with E-state index < -0.39 is 0 Å². The van der Waals surface area contributed by atoms with Gasteiger partial charge in [-0.15, -0.1) is 0 Å². The SMILES string of the molecule is Cc1ccccc1N(C)CC1(C=O)CCCCCC1. The molecule has 0 bridgehead atoms. The summed E-state index contributed by atoms with van der Waals surface area (Å²) >= 11 is 0. The van der Waals surface area contributed by atoms with Gasteiger partial charge in [0, 0.05) is 24.7 Å². The van der Waals surface area contributed by atoms with Crippen LogP contribution in [0.1, 0.15) is 44.1 Å². The van der Waals surface area contributed by atoms with Gasteiger partial charge in [0.2, 0.25) is 0 Å². The van der Waals surface area contributed by atoms with Gasteiger partial charge in [0.25, 0.3) is 0 Å². The number of rotatable bonds is 4. The molecular formula is C17H25NO. The van der Waals surface area contributed by atoms with Crippen LogP contribution in [0.15, 0.2) is 24.3 Å². The van der Waals surface area contributed by atoms with Crippen molar-refractivity contribution < 1.29 is 4.79 Å². The number of carbonyl (C=O) groups is 1. The Morgan fingerprint density at radius 2 is 1.79 bits per heavy atom. The van der Waals surface area contributed by atoms with E-state index in [1.807, 2.05) is 0 Å². The summed E-state index contributed by atoms with van der Waals surface area (Å²) in [6.45, 7) is 2.98. The van der Waals surface area contributed by atoms with E-state index in [-0.39, 0.29) is 5.41 Å². The van der Waals surface area contributed by atoms with Crippen molar-refractivity contribution in [3.63, 3.8) is 0 Å². The van der Waals surface area contributed by atoms with Gasteiger partial charge in [-0.2, -0.15) is 0 Å². The molecule has 1 aliphatic rings. The van der Waals surface area contributed by atoms with Gasteiger partial charge in [-0.05, 0) is 31.4 Å². The van der Waals surface area contributed by atoms with Gasteiger partial charge in [-0.1, -0.05) is 43.9 Å². The monoisotopic (exact) mass is 259 g/mol. The van der Waals surface area contributed by atoms with Crippen molar-refractivity contribution in [3.05, 3.63) is 29.8 Å². The van der Waals surface area contributed by atoms with Gasteiger partial charge in [0.1, 0.15) is 6.29 Å². The van der Waals surface area contributed by atoms with E-state index >= 15 is 0 Å². The summed E-state index contributed by atoms with van der Waals surface area (Å²) in [6.07, 6.45) is 8.28. The maximum atomic E-state index is 11.7. The number of hydrogen-bond donors (Lipinski definition) is 0. The molecule has 2 heteroatoms. The number of aryl methyl sites for hydroxylation is 1. The zero-order valence-corrected chi connectivity index (χ0v) is 12.2. The predicted octanol–water partition coefficient (Wildman–Crippen LogP) is 3.97. The summed E-state index contributed by atoms with van der Waals surface area (Å²) in [4.78, 5) is 13.9. The lowest BCUT2D eigenvalue weighted by Gasteiger charge is -2.33. The average molecular weight is 259 g/mol. The van der Waals surface area contributed by atoms with E-state index in [4.69, 9.17) is 0 Å². The molecule has 104 valence electrons. The number of anilines is 1. The highest BCUT2D eigenvalue weighted by atomic mass is 16.1. The van der Waals surface area contributed by atoms with Crippen LogP contribution in [-0.2, 0) is 4.79 Å². The van der Waals surface area contributed by atoms with Crippen molar-refractivity contribution in [2.45, 2.75) is 45.4 Å². The van der Waals surface area contributed by atoms with Crippen molar-refractivity contribution >= 4 is 12.0 Å². The van der Waals surface area contributed by atoms with Crippen LogP contribution in [0, 0.1) is 12.3 Å². The lowest BCUT2D eigenvalue weighted by molar-refractivity contribution is -0.116. The fourth-order valence-corrected chi connectivity index (χ4v) is 3.30. The van der Waals surface area contributed by atoms with E-state index in [0.29, 0.717) is 0 Å². The normalized spacial score (nSPS) is 18.6. The summed E-state index contributed by atoms with van der Waals surface area (Å²) in [7, 11) is 2.11.